The molecule has 0 aliphatic heterocycles. The van der Waals surface area contributed by atoms with Gasteiger partial charge in [0.25, 0.3) is 0 Å². The summed E-state index contributed by atoms with van der Waals surface area (Å²) >= 11 is 0. The van der Waals surface area contributed by atoms with Crippen molar-refractivity contribution in [3.63, 3.8) is 0 Å². The van der Waals surface area contributed by atoms with E-state index in [2.05, 4.69) is 10.6 Å². The minimum atomic E-state index is -4.32. The van der Waals surface area contributed by atoms with Crippen LogP contribution in [0.2, 0.25) is 0 Å². The van der Waals surface area contributed by atoms with Gasteiger partial charge in [-0.15, -0.1) is 0 Å². The van der Waals surface area contributed by atoms with E-state index in [-0.39, 0.29) is 5.91 Å². The van der Waals surface area contributed by atoms with Gasteiger partial charge in [-0.2, -0.15) is 13.2 Å². The highest BCUT2D eigenvalue weighted by molar-refractivity contribution is 5.90. The number of amides is 1. The van der Waals surface area contributed by atoms with E-state index in [1.807, 2.05) is 12.1 Å². The lowest BCUT2D eigenvalue weighted by Crippen LogP contribution is -2.11. The van der Waals surface area contributed by atoms with Gasteiger partial charge in [0.05, 0.1) is 5.56 Å². The molecular formula is C22H28F3N3O. The van der Waals surface area contributed by atoms with Crippen LogP contribution in [0.25, 0.3) is 0 Å². The number of benzene rings is 2. The lowest BCUT2D eigenvalue weighted by atomic mass is 10.1. The van der Waals surface area contributed by atoms with Crippen LogP contribution in [0.5, 0.6) is 0 Å². The van der Waals surface area contributed by atoms with Crippen LogP contribution in [0.1, 0.15) is 49.7 Å². The van der Waals surface area contributed by atoms with E-state index in [4.69, 9.17) is 5.73 Å². The highest BCUT2D eigenvalue weighted by atomic mass is 19.4. The lowest BCUT2D eigenvalue weighted by molar-refractivity contribution is -0.137. The second-order valence-corrected chi connectivity index (χ2v) is 6.98. The van der Waals surface area contributed by atoms with Gasteiger partial charge in [0.15, 0.2) is 0 Å². The van der Waals surface area contributed by atoms with Gasteiger partial charge >= 0.3 is 6.18 Å². The number of halogens is 3. The summed E-state index contributed by atoms with van der Waals surface area (Å²) in [6.45, 7) is 1.13. The number of hydrogen-bond donors (Lipinski definition) is 3. The zero-order valence-electron chi connectivity index (χ0n) is 16.4. The molecule has 0 aliphatic rings. The van der Waals surface area contributed by atoms with Crippen LogP contribution in [0.3, 0.4) is 0 Å². The Morgan fingerprint density at radius 2 is 1.41 bits per heavy atom. The van der Waals surface area contributed by atoms with Crippen LogP contribution >= 0.6 is 0 Å². The second-order valence-electron chi connectivity index (χ2n) is 6.98. The predicted molar refractivity (Wildman–Crippen MR) is 111 cm³/mol. The summed E-state index contributed by atoms with van der Waals surface area (Å²) in [5.41, 5.74) is 7.09. The minimum absolute atomic E-state index is 0.00529. The van der Waals surface area contributed by atoms with E-state index in [1.165, 1.54) is 12.1 Å². The number of nitrogens with two attached hydrogens (primary N) is 1. The normalized spacial score (nSPS) is 11.3. The highest BCUT2D eigenvalue weighted by Gasteiger charge is 2.29. The topological polar surface area (TPSA) is 67.2 Å². The van der Waals surface area contributed by atoms with E-state index in [1.54, 1.807) is 12.1 Å². The van der Waals surface area contributed by atoms with E-state index in [9.17, 15) is 18.0 Å². The number of nitrogens with one attached hydrogen (secondary N) is 2. The molecule has 2 aromatic rings. The van der Waals surface area contributed by atoms with Crippen molar-refractivity contribution < 1.29 is 18.0 Å². The molecule has 0 saturated carbocycles. The van der Waals surface area contributed by atoms with Crippen LogP contribution < -0.4 is 16.4 Å². The van der Waals surface area contributed by atoms with E-state index in [0.717, 1.165) is 67.7 Å². The average molecular weight is 407 g/mol. The maximum atomic E-state index is 12.6. The van der Waals surface area contributed by atoms with E-state index < -0.39 is 11.7 Å². The third-order valence-electron chi connectivity index (χ3n) is 4.55. The predicted octanol–water partition coefficient (Wildman–Crippen LogP) is 5.56. The lowest BCUT2D eigenvalue weighted by Gasteiger charge is -2.10. The number of anilines is 2. The van der Waals surface area contributed by atoms with E-state index >= 15 is 0 Å². The highest BCUT2D eigenvalue weighted by Crippen LogP contribution is 2.29. The first-order valence-electron chi connectivity index (χ1n) is 9.88. The standard InChI is InChI=1S/C22H28F3N3O/c23-22(24,25)18-9-7-17(8-10-18)16-27-19-11-13-20(14-12-19)28-21(29)6-4-2-1-3-5-15-26/h7-14,27H,1-6,15-16,26H2,(H,28,29). The molecule has 0 atom stereocenters. The summed E-state index contributed by atoms with van der Waals surface area (Å²) < 4.78 is 37.7. The quantitative estimate of drug-likeness (QED) is 0.428. The summed E-state index contributed by atoms with van der Waals surface area (Å²) in [6.07, 6.45) is 1.31. The number of rotatable bonds is 11. The fourth-order valence-electron chi connectivity index (χ4n) is 2.87. The van der Waals surface area contributed by atoms with Crippen LogP contribution in [0, 0.1) is 0 Å². The number of alkyl halides is 3. The maximum Gasteiger partial charge on any atom is 0.416 e. The molecule has 1 amide bonds. The Morgan fingerprint density at radius 1 is 0.828 bits per heavy atom. The number of carbonyl (C=O) groups excluding carboxylic acids is 1. The molecule has 0 aromatic heterocycles. The molecule has 7 heteroatoms. The molecule has 0 saturated heterocycles. The van der Waals surface area contributed by atoms with Crippen molar-refractivity contribution >= 4 is 17.3 Å². The first-order chi connectivity index (χ1) is 13.9. The Labute approximate surface area is 169 Å². The molecule has 0 spiro atoms. The SMILES string of the molecule is NCCCCCCCC(=O)Nc1ccc(NCc2ccc(C(F)(F)F)cc2)cc1. The molecule has 29 heavy (non-hydrogen) atoms. The Morgan fingerprint density at radius 3 is 2.03 bits per heavy atom. The monoisotopic (exact) mass is 407 g/mol. The Bertz CT molecular complexity index is 743. The molecule has 2 rings (SSSR count). The molecular weight excluding hydrogens is 379 g/mol. The molecule has 0 bridgehead atoms. The van der Waals surface area contributed by atoms with Crippen molar-refractivity contribution in [3.05, 3.63) is 59.7 Å². The van der Waals surface area contributed by atoms with Gasteiger partial charge in [-0.1, -0.05) is 31.4 Å². The minimum Gasteiger partial charge on any atom is -0.381 e. The van der Waals surface area contributed by atoms with Crippen molar-refractivity contribution in [2.24, 2.45) is 5.73 Å². The van der Waals surface area contributed by atoms with Crippen molar-refractivity contribution in [2.45, 2.75) is 51.2 Å². The zero-order chi connectivity index (χ0) is 21.1. The zero-order valence-corrected chi connectivity index (χ0v) is 16.4. The largest absolute Gasteiger partial charge is 0.416 e. The third-order valence-corrected chi connectivity index (χ3v) is 4.55. The van der Waals surface area contributed by atoms with Crippen LogP contribution in [-0.2, 0) is 17.5 Å². The van der Waals surface area contributed by atoms with Gasteiger partial charge in [-0.3, -0.25) is 4.79 Å². The summed E-state index contributed by atoms with van der Waals surface area (Å²) in [7, 11) is 0. The molecule has 158 valence electrons. The van der Waals surface area contributed by atoms with Crippen molar-refractivity contribution in [2.75, 3.05) is 17.2 Å². The van der Waals surface area contributed by atoms with Crippen molar-refractivity contribution in [1.82, 2.24) is 0 Å². The second kappa shape index (κ2) is 11.5. The number of hydrogen-bond acceptors (Lipinski definition) is 3. The van der Waals surface area contributed by atoms with E-state index in [0.29, 0.717) is 13.0 Å². The van der Waals surface area contributed by atoms with Crippen LogP contribution in [-0.4, -0.2) is 12.5 Å². The number of carbonyl (C=O) groups is 1. The Hall–Kier alpha value is -2.54. The van der Waals surface area contributed by atoms with Crippen LogP contribution in [0.4, 0.5) is 24.5 Å². The van der Waals surface area contributed by atoms with Crippen LogP contribution in [0.15, 0.2) is 48.5 Å². The van der Waals surface area contributed by atoms with Gasteiger partial charge in [0.2, 0.25) is 5.91 Å². The first kappa shape index (κ1) is 22.7. The summed E-state index contributed by atoms with van der Waals surface area (Å²) in [5.74, 6) is -0.00529. The van der Waals surface area contributed by atoms with Gasteiger partial charge in [-0.05, 0) is 61.3 Å². The summed E-state index contributed by atoms with van der Waals surface area (Å²) in [4.78, 5) is 12.0. The van der Waals surface area contributed by atoms with Gasteiger partial charge in [0.1, 0.15) is 0 Å². The van der Waals surface area contributed by atoms with Crippen molar-refractivity contribution in [1.29, 1.82) is 0 Å². The molecule has 0 unspecified atom stereocenters. The Balaban J connectivity index is 1.72. The molecule has 0 heterocycles. The first-order valence-corrected chi connectivity index (χ1v) is 9.88. The summed E-state index contributed by atoms with van der Waals surface area (Å²) in [6, 6.07) is 12.3. The fourth-order valence-corrected chi connectivity index (χ4v) is 2.87. The molecule has 0 fully saturated rings. The van der Waals surface area contributed by atoms with Crippen molar-refractivity contribution in [3.8, 4) is 0 Å². The maximum absolute atomic E-state index is 12.6. The molecule has 0 aliphatic carbocycles. The molecule has 4 N–H and O–H groups in total. The van der Waals surface area contributed by atoms with Gasteiger partial charge in [0, 0.05) is 24.3 Å². The third kappa shape index (κ3) is 8.56. The molecule has 0 radical (unpaired) electrons. The molecule has 4 nitrogen and oxygen atoms in total. The Kier molecular flexibility index (Phi) is 8.99. The molecule has 2 aromatic carbocycles. The smallest absolute Gasteiger partial charge is 0.381 e. The number of unbranched alkanes of at least 4 members (excludes halogenated alkanes) is 4. The fraction of sp³-hybridized carbons (Fsp3) is 0.409. The van der Waals surface area contributed by atoms with Gasteiger partial charge in [-0.25, -0.2) is 0 Å². The average Bonchev–Trinajstić information content (AvgIpc) is 2.70. The summed E-state index contributed by atoms with van der Waals surface area (Å²) in [5, 5.41) is 6.03. The van der Waals surface area contributed by atoms with Gasteiger partial charge < -0.3 is 16.4 Å².